The van der Waals surface area contributed by atoms with Crippen LogP contribution in [0.4, 0.5) is 0 Å². The molecular weight excluding hydrogens is 378 g/mol. The van der Waals surface area contributed by atoms with Gasteiger partial charge in [-0.2, -0.15) is 10.1 Å². The minimum Gasteiger partial charge on any atom is -0.357 e. The Labute approximate surface area is 169 Å². The number of nitrogens with one attached hydrogen (secondary N) is 2. The Morgan fingerprint density at radius 3 is 3.00 bits per heavy atom. The van der Waals surface area contributed by atoms with Crippen LogP contribution in [0.25, 0.3) is 11.4 Å². The summed E-state index contributed by atoms with van der Waals surface area (Å²) in [4.78, 5) is 9.00. The largest absolute Gasteiger partial charge is 0.357 e. The quantitative estimate of drug-likeness (QED) is 0.325. The van der Waals surface area contributed by atoms with Crippen molar-refractivity contribution in [2.75, 3.05) is 19.6 Å². The summed E-state index contributed by atoms with van der Waals surface area (Å²) in [6, 6.07) is 9.31. The average molecular weight is 402 g/mol. The summed E-state index contributed by atoms with van der Waals surface area (Å²) >= 11 is 6.01. The second-order valence-electron chi connectivity index (χ2n) is 6.08. The first-order valence-corrected chi connectivity index (χ1v) is 9.70. The molecule has 0 saturated heterocycles. The highest BCUT2D eigenvalue weighted by Gasteiger charge is 2.09. The van der Waals surface area contributed by atoms with Crippen molar-refractivity contribution < 1.29 is 4.52 Å². The minimum absolute atomic E-state index is 0.539. The smallest absolute Gasteiger partial charge is 0.228 e. The number of halogens is 1. The van der Waals surface area contributed by atoms with Crippen LogP contribution in [0, 0.1) is 0 Å². The number of aryl methyl sites for hydroxylation is 1. The maximum absolute atomic E-state index is 6.01. The zero-order chi connectivity index (χ0) is 19.6. The number of aliphatic imine (C=N–C) groups is 1. The zero-order valence-corrected chi connectivity index (χ0v) is 16.6. The van der Waals surface area contributed by atoms with Crippen LogP contribution in [0.3, 0.4) is 0 Å². The molecule has 2 N–H and O–H groups in total. The average Bonchev–Trinajstić information content (AvgIpc) is 3.37. The summed E-state index contributed by atoms with van der Waals surface area (Å²) in [6.07, 6.45) is 5.26. The molecule has 2 heterocycles. The molecule has 148 valence electrons. The van der Waals surface area contributed by atoms with E-state index in [2.05, 4.69) is 30.9 Å². The zero-order valence-electron chi connectivity index (χ0n) is 15.8. The van der Waals surface area contributed by atoms with Crippen LogP contribution >= 0.6 is 11.6 Å². The van der Waals surface area contributed by atoms with Gasteiger partial charge in [-0.25, -0.2) is 0 Å². The fraction of sp³-hybridized carbons (Fsp3) is 0.368. The number of guanidine groups is 1. The normalized spacial score (nSPS) is 11.6. The van der Waals surface area contributed by atoms with Gasteiger partial charge < -0.3 is 15.2 Å². The molecule has 1 aromatic carbocycles. The molecule has 3 rings (SSSR count). The minimum atomic E-state index is 0.539. The van der Waals surface area contributed by atoms with Gasteiger partial charge in [0.05, 0.1) is 0 Å². The van der Waals surface area contributed by atoms with Gasteiger partial charge in [-0.3, -0.25) is 9.67 Å². The van der Waals surface area contributed by atoms with Crippen molar-refractivity contribution in [1.29, 1.82) is 0 Å². The second-order valence-corrected chi connectivity index (χ2v) is 6.52. The van der Waals surface area contributed by atoms with Crippen LogP contribution in [0.1, 0.15) is 19.2 Å². The van der Waals surface area contributed by atoms with E-state index in [0.717, 1.165) is 31.0 Å². The summed E-state index contributed by atoms with van der Waals surface area (Å²) in [5.74, 6) is 1.88. The van der Waals surface area contributed by atoms with Crippen LogP contribution in [0.15, 0.2) is 52.2 Å². The topological polar surface area (TPSA) is 93.2 Å². The highest BCUT2D eigenvalue weighted by Crippen LogP contribution is 2.19. The van der Waals surface area contributed by atoms with Gasteiger partial charge in [0.25, 0.3) is 0 Å². The monoisotopic (exact) mass is 401 g/mol. The first-order valence-electron chi connectivity index (χ1n) is 9.32. The fourth-order valence-electron chi connectivity index (χ4n) is 2.59. The number of hydrogen-bond donors (Lipinski definition) is 2. The van der Waals surface area contributed by atoms with Gasteiger partial charge >= 0.3 is 0 Å². The van der Waals surface area contributed by atoms with E-state index in [4.69, 9.17) is 16.1 Å². The van der Waals surface area contributed by atoms with E-state index in [-0.39, 0.29) is 0 Å². The third kappa shape index (κ3) is 6.09. The number of aromatic nitrogens is 4. The molecule has 0 aliphatic carbocycles. The Morgan fingerprint density at radius 1 is 1.29 bits per heavy atom. The van der Waals surface area contributed by atoms with Crippen LogP contribution in [0.5, 0.6) is 0 Å². The predicted molar refractivity (Wildman–Crippen MR) is 109 cm³/mol. The van der Waals surface area contributed by atoms with Crippen LogP contribution in [-0.4, -0.2) is 45.5 Å². The van der Waals surface area contributed by atoms with Crippen molar-refractivity contribution in [3.05, 3.63) is 53.6 Å². The molecule has 0 aliphatic rings. The van der Waals surface area contributed by atoms with E-state index < -0.39 is 0 Å². The predicted octanol–water partition coefficient (Wildman–Crippen LogP) is 2.77. The summed E-state index contributed by atoms with van der Waals surface area (Å²) in [7, 11) is 0. The van der Waals surface area contributed by atoms with E-state index in [9.17, 15) is 0 Å². The molecule has 2 aromatic heterocycles. The van der Waals surface area contributed by atoms with E-state index in [1.807, 2.05) is 48.1 Å². The van der Waals surface area contributed by atoms with E-state index in [1.54, 1.807) is 6.20 Å². The Balaban J connectivity index is 1.45. The standard InChI is InChI=1S/C19H24ClN7O/c1-2-21-19(22-9-4-12-27-13-5-10-24-27)23-11-8-17-25-18(26-28-17)15-6-3-7-16(20)14-15/h3,5-7,10,13-14H,2,4,8-9,11-12H2,1H3,(H2,21,22,23). The molecule has 0 aliphatic heterocycles. The Hall–Kier alpha value is -2.87. The van der Waals surface area contributed by atoms with Gasteiger partial charge in [-0.15, -0.1) is 0 Å². The SMILES string of the molecule is CCNC(=NCCCn1cccn1)NCCc1nc(-c2cccc(Cl)c2)no1. The molecule has 9 heteroatoms. The van der Waals surface area contributed by atoms with Crippen LogP contribution in [-0.2, 0) is 13.0 Å². The van der Waals surface area contributed by atoms with E-state index in [1.165, 1.54) is 0 Å². The molecule has 0 atom stereocenters. The summed E-state index contributed by atoms with van der Waals surface area (Å²) in [5.41, 5.74) is 0.836. The summed E-state index contributed by atoms with van der Waals surface area (Å²) in [6.45, 7) is 5.04. The van der Waals surface area contributed by atoms with E-state index >= 15 is 0 Å². The molecule has 3 aromatic rings. The molecule has 0 saturated carbocycles. The lowest BCUT2D eigenvalue weighted by Crippen LogP contribution is -2.38. The van der Waals surface area contributed by atoms with Gasteiger partial charge in [0, 0.05) is 55.6 Å². The van der Waals surface area contributed by atoms with Gasteiger partial charge in [-0.05, 0) is 31.5 Å². The van der Waals surface area contributed by atoms with Gasteiger partial charge in [0.15, 0.2) is 5.96 Å². The van der Waals surface area contributed by atoms with Gasteiger partial charge in [-0.1, -0.05) is 28.9 Å². The molecule has 0 fully saturated rings. The van der Waals surface area contributed by atoms with Crippen molar-refractivity contribution in [3.63, 3.8) is 0 Å². The third-order valence-corrected chi connectivity index (χ3v) is 4.14. The molecule has 0 spiro atoms. The number of benzene rings is 1. The molecule has 0 amide bonds. The lowest BCUT2D eigenvalue weighted by molar-refractivity contribution is 0.378. The summed E-state index contributed by atoms with van der Waals surface area (Å²) < 4.78 is 7.23. The van der Waals surface area contributed by atoms with Crippen molar-refractivity contribution >= 4 is 17.6 Å². The molecule has 0 radical (unpaired) electrons. The van der Waals surface area contributed by atoms with Crippen molar-refractivity contribution in [2.24, 2.45) is 4.99 Å². The lowest BCUT2D eigenvalue weighted by Gasteiger charge is -2.10. The molecule has 8 nitrogen and oxygen atoms in total. The highest BCUT2D eigenvalue weighted by atomic mass is 35.5. The van der Waals surface area contributed by atoms with Crippen molar-refractivity contribution in [3.8, 4) is 11.4 Å². The number of nitrogens with zero attached hydrogens (tertiary/aromatic N) is 5. The Kier molecular flexibility index (Phi) is 7.43. The van der Waals surface area contributed by atoms with Crippen molar-refractivity contribution in [1.82, 2.24) is 30.6 Å². The van der Waals surface area contributed by atoms with Crippen molar-refractivity contribution in [2.45, 2.75) is 26.3 Å². The molecule has 28 heavy (non-hydrogen) atoms. The summed E-state index contributed by atoms with van der Waals surface area (Å²) in [5, 5.41) is 15.4. The van der Waals surface area contributed by atoms with E-state index in [0.29, 0.717) is 36.2 Å². The highest BCUT2D eigenvalue weighted by molar-refractivity contribution is 6.30. The van der Waals surface area contributed by atoms with Gasteiger partial charge in [0.1, 0.15) is 0 Å². The number of hydrogen-bond acceptors (Lipinski definition) is 5. The van der Waals surface area contributed by atoms with Gasteiger partial charge in [0.2, 0.25) is 11.7 Å². The maximum Gasteiger partial charge on any atom is 0.228 e. The third-order valence-electron chi connectivity index (χ3n) is 3.90. The van der Waals surface area contributed by atoms with Crippen LogP contribution in [0.2, 0.25) is 5.02 Å². The van der Waals surface area contributed by atoms with Crippen LogP contribution < -0.4 is 10.6 Å². The maximum atomic E-state index is 6.01. The Bertz CT molecular complexity index is 876. The fourth-order valence-corrected chi connectivity index (χ4v) is 2.78. The first-order chi connectivity index (χ1) is 13.7. The number of rotatable bonds is 9. The molecular formula is C19H24ClN7O. The first kappa shape index (κ1) is 19.9. The second kappa shape index (κ2) is 10.5. The Morgan fingerprint density at radius 2 is 2.21 bits per heavy atom. The molecule has 0 bridgehead atoms. The molecule has 0 unspecified atom stereocenters. The lowest BCUT2D eigenvalue weighted by atomic mass is 10.2.